The summed E-state index contributed by atoms with van der Waals surface area (Å²) in [5.74, 6) is 0. The van der Waals surface area contributed by atoms with Crippen LogP contribution in [-0.2, 0) is 12.8 Å². The summed E-state index contributed by atoms with van der Waals surface area (Å²) in [4.78, 5) is 35.9. The van der Waals surface area contributed by atoms with Crippen molar-refractivity contribution < 1.29 is 0 Å². The van der Waals surface area contributed by atoms with Gasteiger partial charge in [0.1, 0.15) is 0 Å². The number of nitrogens with one attached hydrogen (secondary N) is 1. The van der Waals surface area contributed by atoms with E-state index in [9.17, 15) is 15.1 Å². The first-order chi connectivity index (χ1) is 18.5. The molecule has 0 atom stereocenters. The molecule has 6 nitrogen and oxygen atoms in total. The molecule has 0 aliphatic rings. The van der Waals surface area contributed by atoms with Gasteiger partial charge in [0.2, 0.25) is 0 Å². The fraction of sp³-hybridized carbons (Fsp3) is 0.133. The van der Waals surface area contributed by atoms with Gasteiger partial charge < -0.3 is 4.98 Å². The van der Waals surface area contributed by atoms with Crippen LogP contribution in [0.2, 0.25) is 0 Å². The molecule has 0 aliphatic heterocycles. The summed E-state index contributed by atoms with van der Waals surface area (Å²) in [6.07, 6.45) is 1.82. The first-order valence-corrected chi connectivity index (χ1v) is 14.0. The van der Waals surface area contributed by atoms with Crippen LogP contribution < -0.4 is 10.9 Å². The van der Waals surface area contributed by atoms with Crippen LogP contribution >= 0.6 is 23.1 Å². The van der Waals surface area contributed by atoms with Gasteiger partial charge in [-0.2, -0.15) is 0 Å². The Bertz CT molecular complexity index is 2070. The Morgan fingerprint density at radius 2 is 1.55 bits per heavy atom. The maximum absolute atomic E-state index is 13.9. The molecule has 0 fully saturated rings. The molecule has 0 aliphatic carbocycles. The number of nitrogens with zero attached hydrogens (tertiary/aromatic N) is 3. The number of hydrogen-bond acceptors (Lipinski definition) is 5. The summed E-state index contributed by atoms with van der Waals surface area (Å²) in [5.41, 5.74) is 13.1. The maximum atomic E-state index is 13.9. The zero-order valence-electron chi connectivity index (χ0n) is 20.7. The molecule has 8 heteroatoms. The third kappa shape index (κ3) is 3.85. The molecule has 0 saturated carbocycles. The molecule has 186 valence electrons. The lowest BCUT2D eigenvalue weighted by Gasteiger charge is -2.15. The monoisotopic (exact) mass is 534 g/mol. The molecule has 1 heterocycles. The van der Waals surface area contributed by atoms with E-state index >= 15 is 0 Å². The highest BCUT2D eigenvalue weighted by Gasteiger charge is 2.23. The Balaban J connectivity index is 1.84. The highest BCUT2D eigenvalue weighted by atomic mass is 32.2. The highest BCUT2D eigenvalue weighted by molar-refractivity contribution is 8.00. The standard InChI is InChI=1S/C30H22N4O2S2/c1-3-16-9-12-18(13-10-16)37-30-26(33-34-31)24-23(27(35)19-7-5-6-8-20(19)28(24)36)25-29(30)38-22-15-17(4-2)11-14-21(22)32-25/h5-15,32H,3-4H2,1-2H3. The van der Waals surface area contributed by atoms with E-state index in [0.717, 1.165) is 32.7 Å². The number of aromatic nitrogens is 1. The van der Waals surface area contributed by atoms with Gasteiger partial charge in [-0.05, 0) is 53.8 Å². The van der Waals surface area contributed by atoms with E-state index in [-0.39, 0.29) is 27.3 Å². The molecule has 1 N–H and O–H groups in total. The Kier molecular flexibility index (Phi) is 6.16. The summed E-state index contributed by atoms with van der Waals surface area (Å²) in [7, 11) is 0. The van der Waals surface area contributed by atoms with Crippen LogP contribution in [0.5, 0.6) is 0 Å². The highest BCUT2D eigenvalue weighted by Crippen LogP contribution is 2.47. The number of benzene rings is 5. The third-order valence-corrected chi connectivity index (χ3v) is 9.29. The van der Waals surface area contributed by atoms with E-state index in [4.69, 9.17) is 0 Å². The zero-order valence-corrected chi connectivity index (χ0v) is 22.4. The number of rotatable bonds is 5. The van der Waals surface area contributed by atoms with Crippen molar-refractivity contribution in [2.24, 2.45) is 5.11 Å². The van der Waals surface area contributed by atoms with E-state index in [1.807, 2.05) is 18.2 Å². The number of azide groups is 1. The van der Waals surface area contributed by atoms with Crippen molar-refractivity contribution in [2.45, 2.75) is 36.5 Å². The molecule has 6 rings (SSSR count). The Hall–Kier alpha value is -4.10. The van der Waals surface area contributed by atoms with E-state index in [1.165, 1.54) is 34.2 Å². The normalized spacial score (nSPS) is 11.4. The van der Waals surface area contributed by atoms with Crippen LogP contribution in [0.25, 0.3) is 52.4 Å². The Morgan fingerprint density at radius 1 is 0.895 bits per heavy atom. The lowest BCUT2D eigenvalue weighted by molar-refractivity contribution is 1.13. The second-order valence-electron chi connectivity index (χ2n) is 9.04. The minimum atomic E-state index is -0.317. The summed E-state index contributed by atoms with van der Waals surface area (Å²) in [6, 6.07) is 21.2. The molecule has 0 unspecified atom stereocenters. The molecule has 6 aromatic rings. The van der Waals surface area contributed by atoms with Gasteiger partial charge in [-0.1, -0.05) is 73.2 Å². The number of hydrogen-bond donors (Lipinski definition) is 1. The smallest absolute Gasteiger partial charge is 0.196 e. The van der Waals surface area contributed by atoms with Gasteiger partial charge in [0.15, 0.2) is 10.9 Å². The first kappa shape index (κ1) is 24.2. The van der Waals surface area contributed by atoms with Gasteiger partial charge in [0.05, 0.1) is 31.5 Å². The summed E-state index contributed by atoms with van der Waals surface area (Å²) in [6.45, 7) is 4.21. The molecule has 5 aromatic carbocycles. The number of fused-ring (bicyclic) bond motifs is 5. The van der Waals surface area contributed by atoms with Crippen molar-refractivity contribution in [3.63, 3.8) is 0 Å². The van der Waals surface area contributed by atoms with Gasteiger partial charge in [-0.15, -0.1) is 11.3 Å². The van der Waals surface area contributed by atoms with E-state index in [1.54, 1.807) is 24.3 Å². The van der Waals surface area contributed by atoms with Crippen LogP contribution in [0.1, 0.15) is 25.0 Å². The van der Waals surface area contributed by atoms with E-state index in [0.29, 0.717) is 21.2 Å². The topological polar surface area (TPSA) is 98.7 Å². The van der Waals surface area contributed by atoms with Gasteiger partial charge in [0.25, 0.3) is 0 Å². The van der Waals surface area contributed by atoms with Crippen LogP contribution in [0.3, 0.4) is 0 Å². The van der Waals surface area contributed by atoms with E-state index < -0.39 is 0 Å². The number of aromatic amines is 1. The molecule has 0 spiro atoms. The molecular weight excluding hydrogens is 512 g/mol. The van der Waals surface area contributed by atoms with Crippen LogP contribution in [0, 0.1) is 0 Å². The fourth-order valence-corrected chi connectivity index (χ4v) is 7.17. The largest absolute Gasteiger partial charge is 0.353 e. The predicted molar refractivity (Wildman–Crippen MR) is 159 cm³/mol. The zero-order chi connectivity index (χ0) is 26.4. The second kappa shape index (κ2) is 9.65. The second-order valence-corrected chi connectivity index (χ2v) is 11.2. The Morgan fingerprint density at radius 3 is 2.21 bits per heavy atom. The van der Waals surface area contributed by atoms with Crippen molar-refractivity contribution in [1.29, 1.82) is 0 Å². The quantitative estimate of drug-likeness (QED) is 0.0788. The number of H-pyrrole nitrogens is 1. The maximum Gasteiger partial charge on any atom is 0.196 e. The first-order valence-electron chi connectivity index (χ1n) is 12.4. The average Bonchev–Trinajstić information content (AvgIpc) is 2.96. The van der Waals surface area contributed by atoms with Crippen molar-refractivity contribution in [3.8, 4) is 0 Å². The summed E-state index contributed by atoms with van der Waals surface area (Å²) < 4.78 is 1.79. The van der Waals surface area contributed by atoms with Gasteiger partial charge >= 0.3 is 0 Å². The van der Waals surface area contributed by atoms with Crippen molar-refractivity contribution in [3.05, 3.63) is 109 Å². The van der Waals surface area contributed by atoms with Gasteiger partial charge in [-0.25, -0.2) is 0 Å². The third-order valence-electron chi connectivity index (χ3n) is 6.88. The van der Waals surface area contributed by atoms with Gasteiger partial charge in [0, 0.05) is 30.9 Å². The number of aryl methyl sites for hydroxylation is 2. The molecule has 1 aromatic heterocycles. The lowest BCUT2D eigenvalue weighted by atomic mass is 10.00. The summed E-state index contributed by atoms with van der Waals surface area (Å²) >= 11 is 2.97. The molecule has 0 radical (unpaired) electrons. The van der Waals surface area contributed by atoms with E-state index in [2.05, 4.69) is 53.1 Å². The SMILES string of the molecule is CCc1ccc(Sc2c(N=[N+]=[N-])c3c(=O)c4ccccc4c(=O)c3c3[nH]c4ccc(CC)cc4sc23)cc1. The fourth-order valence-electron chi connectivity index (χ4n) is 4.87. The molecule has 0 saturated heterocycles. The van der Waals surface area contributed by atoms with Crippen molar-refractivity contribution >= 4 is 70.8 Å². The lowest BCUT2D eigenvalue weighted by Crippen LogP contribution is -2.14. The van der Waals surface area contributed by atoms with Gasteiger partial charge in [-0.3, -0.25) is 9.59 Å². The Labute approximate surface area is 225 Å². The predicted octanol–water partition coefficient (Wildman–Crippen LogP) is 8.63. The molecule has 0 bridgehead atoms. The molecule has 0 amide bonds. The van der Waals surface area contributed by atoms with Crippen LogP contribution in [0.4, 0.5) is 5.69 Å². The van der Waals surface area contributed by atoms with Crippen molar-refractivity contribution in [2.75, 3.05) is 0 Å². The average molecular weight is 535 g/mol. The van der Waals surface area contributed by atoms with Crippen molar-refractivity contribution in [1.82, 2.24) is 4.98 Å². The minimum absolute atomic E-state index is 0.152. The summed E-state index contributed by atoms with van der Waals surface area (Å²) in [5, 5.41) is 5.14. The minimum Gasteiger partial charge on any atom is -0.353 e. The van der Waals surface area contributed by atoms with Crippen LogP contribution in [-0.4, -0.2) is 4.98 Å². The van der Waals surface area contributed by atoms with Crippen LogP contribution in [0.15, 0.2) is 91.2 Å². The molecular formula is C30H22N4O2S2. The molecule has 38 heavy (non-hydrogen) atoms.